The van der Waals surface area contributed by atoms with E-state index < -0.39 is 23.0 Å². The van der Waals surface area contributed by atoms with Crippen LogP contribution in [0.5, 0.6) is 0 Å². The minimum absolute atomic E-state index is 0.00903. The van der Waals surface area contributed by atoms with Crippen molar-refractivity contribution in [2.45, 2.75) is 25.2 Å². The summed E-state index contributed by atoms with van der Waals surface area (Å²) in [5.41, 5.74) is 1.21. The Morgan fingerprint density at radius 1 is 0.848 bits per heavy atom. The quantitative estimate of drug-likeness (QED) is 0.411. The van der Waals surface area contributed by atoms with Gasteiger partial charge in [0.1, 0.15) is 5.60 Å². The van der Waals surface area contributed by atoms with Gasteiger partial charge in [0.25, 0.3) is 5.56 Å². The molecule has 0 aliphatic rings. The average molecular weight is 443 g/mol. The van der Waals surface area contributed by atoms with E-state index in [-0.39, 0.29) is 13.2 Å². The van der Waals surface area contributed by atoms with Crippen molar-refractivity contribution in [3.63, 3.8) is 0 Å². The van der Waals surface area contributed by atoms with Crippen LogP contribution in [0.3, 0.4) is 0 Å². The summed E-state index contributed by atoms with van der Waals surface area (Å²) in [6, 6.07) is 29.6. The van der Waals surface area contributed by atoms with E-state index in [4.69, 9.17) is 4.74 Å². The number of hydrogen-bond acceptors (Lipinski definition) is 4. The first kappa shape index (κ1) is 22.5. The molecule has 3 aromatic carbocycles. The molecule has 0 radical (unpaired) electrons. The van der Waals surface area contributed by atoms with Crippen LogP contribution >= 0.6 is 0 Å². The Hall–Kier alpha value is -3.74. The highest BCUT2D eigenvalue weighted by atomic mass is 16.5. The van der Waals surface area contributed by atoms with Gasteiger partial charge in [0, 0.05) is 11.8 Å². The average Bonchev–Trinajstić information content (AvgIpc) is 2.85. The number of nitrogens with one attached hydrogen (secondary N) is 1. The molecule has 0 aliphatic heterocycles. The Morgan fingerprint density at radius 3 is 1.76 bits per heavy atom. The van der Waals surface area contributed by atoms with Gasteiger partial charge in [0.05, 0.1) is 19.3 Å². The summed E-state index contributed by atoms with van der Waals surface area (Å²) in [6.45, 7) is 1.57. The molecular weight excluding hydrogens is 416 g/mol. The molecule has 1 aromatic heterocycles. The summed E-state index contributed by atoms with van der Waals surface area (Å²) in [7, 11) is 0. The van der Waals surface area contributed by atoms with Crippen molar-refractivity contribution in [1.82, 2.24) is 9.55 Å². The molecule has 4 rings (SSSR count). The summed E-state index contributed by atoms with van der Waals surface area (Å²) < 4.78 is 7.87. The molecule has 4 aromatic rings. The van der Waals surface area contributed by atoms with Gasteiger partial charge in [-0.15, -0.1) is 0 Å². The molecular formula is C27H26N2O4. The zero-order valence-electron chi connectivity index (χ0n) is 18.3. The SMILES string of the molecule is Cc1cn(CC(O)COC(c2ccccc2)(c2ccccc2)c2ccccc2)c(=O)[nH]c1=O. The first-order valence-corrected chi connectivity index (χ1v) is 10.8. The molecule has 0 amide bonds. The van der Waals surface area contributed by atoms with Gasteiger partial charge in [0.15, 0.2) is 0 Å². The first-order valence-electron chi connectivity index (χ1n) is 10.8. The van der Waals surface area contributed by atoms with Gasteiger partial charge in [-0.25, -0.2) is 4.79 Å². The molecule has 0 bridgehead atoms. The van der Waals surface area contributed by atoms with Crippen LogP contribution in [-0.2, 0) is 16.9 Å². The van der Waals surface area contributed by atoms with Crippen molar-refractivity contribution < 1.29 is 9.84 Å². The Morgan fingerprint density at radius 2 is 1.30 bits per heavy atom. The Bertz CT molecular complexity index is 1200. The van der Waals surface area contributed by atoms with Gasteiger partial charge < -0.3 is 9.84 Å². The van der Waals surface area contributed by atoms with Crippen LogP contribution in [0.15, 0.2) is 107 Å². The van der Waals surface area contributed by atoms with Crippen LogP contribution in [0.1, 0.15) is 22.3 Å². The second-order valence-electron chi connectivity index (χ2n) is 7.97. The van der Waals surface area contributed by atoms with E-state index >= 15 is 0 Å². The van der Waals surface area contributed by atoms with E-state index in [1.807, 2.05) is 91.0 Å². The predicted octanol–water partition coefficient (Wildman–Crippen LogP) is 3.21. The van der Waals surface area contributed by atoms with Crippen LogP contribution in [0.25, 0.3) is 0 Å². The number of hydrogen-bond donors (Lipinski definition) is 2. The van der Waals surface area contributed by atoms with Gasteiger partial charge in [0.2, 0.25) is 0 Å². The number of aliphatic hydroxyl groups excluding tert-OH is 1. The van der Waals surface area contributed by atoms with Crippen molar-refractivity contribution in [3.05, 3.63) is 140 Å². The molecule has 2 N–H and O–H groups in total. The van der Waals surface area contributed by atoms with Gasteiger partial charge >= 0.3 is 5.69 Å². The number of nitrogens with zero attached hydrogens (tertiary/aromatic N) is 1. The van der Waals surface area contributed by atoms with Crippen LogP contribution < -0.4 is 11.2 Å². The van der Waals surface area contributed by atoms with Crippen molar-refractivity contribution in [3.8, 4) is 0 Å². The minimum atomic E-state index is -0.983. The maximum absolute atomic E-state index is 12.1. The topological polar surface area (TPSA) is 84.3 Å². The van der Waals surface area contributed by atoms with E-state index in [1.54, 1.807) is 6.92 Å². The Balaban J connectivity index is 1.72. The molecule has 0 fully saturated rings. The molecule has 6 nitrogen and oxygen atoms in total. The van der Waals surface area contributed by atoms with Crippen molar-refractivity contribution in [2.75, 3.05) is 6.61 Å². The summed E-state index contributed by atoms with van der Waals surface area (Å²) in [5, 5.41) is 10.8. The van der Waals surface area contributed by atoms with Crippen molar-refractivity contribution in [2.24, 2.45) is 0 Å². The molecule has 0 aliphatic carbocycles. The standard InChI is InChI=1S/C27H26N2O4/c1-20-17-29(26(32)28-25(20)31)18-24(30)19-33-27(21-11-5-2-6-12-21,22-13-7-3-8-14-22)23-15-9-4-10-16-23/h2-17,24,30H,18-19H2,1H3,(H,28,31,32). The highest BCUT2D eigenvalue weighted by Gasteiger charge is 2.38. The fourth-order valence-electron chi connectivity index (χ4n) is 4.02. The molecule has 6 heteroatoms. The molecule has 0 saturated heterocycles. The third-order valence-electron chi connectivity index (χ3n) is 5.63. The highest BCUT2D eigenvalue weighted by molar-refractivity contribution is 5.47. The smallest absolute Gasteiger partial charge is 0.328 e. The molecule has 33 heavy (non-hydrogen) atoms. The van der Waals surface area contributed by atoms with E-state index in [9.17, 15) is 14.7 Å². The summed E-state index contributed by atoms with van der Waals surface area (Å²) in [5.74, 6) is 0. The fraction of sp³-hybridized carbons (Fsp3) is 0.185. The molecule has 168 valence electrons. The van der Waals surface area contributed by atoms with E-state index in [0.717, 1.165) is 16.7 Å². The lowest BCUT2D eigenvalue weighted by atomic mass is 9.80. The monoisotopic (exact) mass is 442 g/mol. The Labute approximate surface area is 191 Å². The zero-order valence-corrected chi connectivity index (χ0v) is 18.3. The van der Waals surface area contributed by atoms with E-state index in [0.29, 0.717) is 5.56 Å². The summed E-state index contributed by atoms with van der Waals surface area (Å²) in [6.07, 6.45) is 0.465. The molecule has 0 spiro atoms. The van der Waals surface area contributed by atoms with Crippen LogP contribution in [-0.4, -0.2) is 27.4 Å². The van der Waals surface area contributed by atoms with Crippen LogP contribution in [0, 0.1) is 6.92 Å². The van der Waals surface area contributed by atoms with Gasteiger partial charge in [-0.1, -0.05) is 91.0 Å². The number of aliphatic hydroxyl groups is 1. The lowest BCUT2D eigenvalue weighted by Gasteiger charge is -2.36. The maximum atomic E-state index is 12.1. The molecule has 0 saturated carbocycles. The van der Waals surface area contributed by atoms with Crippen molar-refractivity contribution >= 4 is 0 Å². The van der Waals surface area contributed by atoms with E-state index in [2.05, 4.69) is 4.98 Å². The number of H-pyrrole nitrogens is 1. The highest BCUT2D eigenvalue weighted by Crippen LogP contribution is 2.40. The number of benzene rings is 3. The molecule has 1 unspecified atom stereocenters. The largest absolute Gasteiger partial charge is 0.389 e. The summed E-state index contributed by atoms with van der Waals surface area (Å²) >= 11 is 0. The molecule has 1 atom stereocenters. The third-order valence-corrected chi connectivity index (χ3v) is 5.63. The lowest BCUT2D eigenvalue weighted by molar-refractivity contribution is -0.0426. The Kier molecular flexibility index (Phi) is 6.68. The number of aromatic amines is 1. The lowest BCUT2D eigenvalue weighted by Crippen LogP contribution is -2.39. The van der Waals surface area contributed by atoms with Gasteiger partial charge in [-0.3, -0.25) is 14.3 Å². The van der Waals surface area contributed by atoms with Crippen LogP contribution in [0.4, 0.5) is 0 Å². The second kappa shape index (κ2) is 9.81. The van der Waals surface area contributed by atoms with Gasteiger partial charge in [-0.05, 0) is 23.6 Å². The van der Waals surface area contributed by atoms with Crippen LogP contribution in [0.2, 0.25) is 0 Å². The molecule has 1 heterocycles. The minimum Gasteiger partial charge on any atom is -0.389 e. The summed E-state index contributed by atoms with van der Waals surface area (Å²) in [4.78, 5) is 26.1. The van der Waals surface area contributed by atoms with Gasteiger partial charge in [-0.2, -0.15) is 0 Å². The van der Waals surface area contributed by atoms with E-state index in [1.165, 1.54) is 10.8 Å². The second-order valence-corrected chi connectivity index (χ2v) is 7.97. The number of ether oxygens (including phenoxy) is 1. The first-order chi connectivity index (χ1) is 16.0. The fourth-order valence-corrected chi connectivity index (χ4v) is 4.02. The normalized spacial score (nSPS) is 12.4. The van der Waals surface area contributed by atoms with Crippen molar-refractivity contribution in [1.29, 1.82) is 0 Å². The predicted molar refractivity (Wildman–Crippen MR) is 127 cm³/mol. The number of rotatable bonds is 8. The number of aryl methyl sites for hydroxylation is 1. The zero-order chi connectivity index (χ0) is 23.3. The number of aromatic nitrogens is 2. The maximum Gasteiger partial charge on any atom is 0.328 e. The third kappa shape index (κ3) is 4.72.